The van der Waals surface area contributed by atoms with E-state index in [-0.39, 0.29) is 24.2 Å². The summed E-state index contributed by atoms with van der Waals surface area (Å²) in [6, 6.07) is 4.85. The van der Waals surface area contributed by atoms with E-state index in [9.17, 15) is 13.2 Å². The van der Waals surface area contributed by atoms with Gasteiger partial charge < -0.3 is 15.4 Å². The van der Waals surface area contributed by atoms with Crippen molar-refractivity contribution >= 4 is 27.2 Å². The molecule has 1 heterocycles. The maximum absolute atomic E-state index is 12.0. The van der Waals surface area contributed by atoms with Crippen molar-refractivity contribution in [3.63, 3.8) is 0 Å². The van der Waals surface area contributed by atoms with E-state index < -0.39 is 15.8 Å². The number of carbonyl (C=O) groups is 1. The first-order valence-electron chi connectivity index (χ1n) is 6.84. The lowest BCUT2D eigenvalue weighted by Gasteiger charge is -2.27. The number of nitrogens with two attached hydrogens (primary N) is 1. The third-order valence-electron chi connectivity index (χ3n) is 3.65. The Balaban J connectivity index is 2.32. The zero-order valence-corrected chi connectivity index (χ0v) is 13.0. The maximum Gasteiger partial charge on any atom is 0.340 e. The van der Waals surface area contributed by atoms with Gasteiger partial charge in [0.15, 0.2) is 9.84 Å². The van der Waals surface area contributed by atoms with Crippen LogP contribution in [-0.4, -0.2) is 45.6 Å². The molecule has 6 nitrogen and oxygen atoms in total. The van der Waals surface area contributed by atoms with E-state index in [1.54, 1.807) is 32.2 Å². The van der Waals surface area contributed by atoms with Crippen LogP contribution in [0.2, 0.25) is 0 Å². The number of hydrogen-bond donors (Lipinski definition) is 1. The summed E-state index contributed by atoms with van der Waals surface area (Å²) >= 11 is 0. The van der Waals surface area contributed by atoms with E-state index in [0.29, 0.717) is 23.4 Å². The number of benzene rings is 1. The first-order chi connectivity index (χ1) is 9.84. The molecule has 0 amide bonds. The number of nitrogens with zero attached hydrogens (tertiary/aromatic N) is 1. The fourth-order valence-corrected chi connectivity index (χ4v) is 4.29. The SMILES string of the molecule is CCOC(=O)c1cc(N)ccc1N(C)C1CCS(=O)(=O)C1. The van der Waals surface area contributed by atoms with Crippen LogP contribution in [0.25, 0.3) is 0 Å². The van der Waals surface area contributed by atoms with Gasteiger partial charge in [0.1, 0.15) is 0 Å². The van der Waals surface area contributed by atoms with E-state index in [1.807, 2.05) is 4.90 Å². The number of sulfone groups is 1. The van der Waals surface area contributed by atoms with Gasteiger partial charge in [-0.2, -0.15) is 0 Å². The molecule has 1 aromatic carbocycles. The van der Waals surface area contributed by atoms with Crippen molar-refractivity contribution < 1.29 is 17.9 Å². The third-order valence-corrected chi connectivity index (χ3v) is 5.40. The summed E-state index contributed by atoms with van der Waals surface area (Å²) in [4.78, 5) is 13.9. The standard InChI is InChI=1S/C14H20N2O4S/c1-3-20-14(17)12-8-10(15)4-5-13(12)16(2)11-6-7-21(18,19)9-11/h4-5,8,11H,3,6-7,9,15H2,1-2H3. The molecule has 7 heteroatoms. The summed E-state index contributed by atoms with van der Waals surface area (Å²) in [6.45, 7) is 2.01. The zero-order chi connectivity index (χ0) is 15.6. The summed E-state index contributed by atoms with van der Waals surface area (Å²) in [7, 11) is -1.19. The van der Waals surface area contributed by atoms with Crippen LogP contribution in [-0.2, 0) is 14.6 Å². The Morgan fingerprint density at radius 2 is 2.19 bits per heavy atom. The van der Waals surface area contributed by atoms with Crippen LogP contribution in [0, 0.1) is 0 Å². The van der Waals surface area contributed by atoms with Gasteiger partial charge >= 0.3 is 5.97 Å². The van der Waals surface area contributed by atoms with Gasteiger partial charge in [-0.1, -0.05) is 0 Å². The molecule has 0 aromatic heterocycles. The Labute approximate surface area is 124 Å². The number of carbonyl (C=O) groups excluding carboxylic acids is 1. The fourth-order valence-electron chi connectivity index (χ4n) is 2.51. The van der Waals surface area contributed by atoms with Gasteiger partial charge in [0.05, 0.1) is 29.4 Å². The van der Waals surface area contributed by atoms with Gasteiger partial charge in [0, 0.05) is 18.8 Å². The lowest BCUT2D eigenvalue weighted by atomic mass is 10.1. The van der Waals surface area contributed by atoms with Crippen LogP contribution < -0.4 is 10.6 Å². The average molecular weight is 312 g/mol. The van der Waals surface area contributed by atoms with Gasteiger partial charge in [-0.25, -0.2) is 13.2 Å². The molecule has 2 N–H and O–H groups in total. The summed E-state index contributed by atoms with van der Waals surface area (Å²) < 4.78 is 28.3. The van der Waals surface area contributed by atoms with Gasteiger partial charge in [0.25, 0.3) is 0 Å². The first-order valence-corrected chi connectivity index (χ1v) is 8.66. The highest BCUT2D eigenvalue weighted by Gasteiger charge is 2.32. The molecule has 1 aliphatic rings. The minimum absolute atomic E-state index is 0.107. The molecule has 0 saturated carbocycles. The molecule has 2 rings (SSSR count). The van der Waals surface area contributed by atoms with E-state index in [4.69, 9.17) is 10.5 Å². The monoisotopic (exact) mass is 312 g/mol. The molecule has 1 aliphatic heterocycles. The number of esters is 1. The van der Waals surface area contributed by atoms with Crippen LogP contribution in [0.3, 0.4) is 0 Å². The molecule has 0 spiro atoms. The van der Waals surface area contributed by atoms with E-state index >= 15 is 0 Å². The summed E-state index contributed by atoms with van der Waals surface area (Å²) in [5.74, 6) is -0.158. The molecule has 0 bridgehead atoms. The second-order valence-electron chi connectivity index (χ2n) is 5.16. The minimum Gasteiger partial charge on any atom is -0.462 e. The predicted molar refractivity (Wildman–Crippen MR) is 82.3 cm³/mol. The highest BCUT2D eigenvalue weighted by atomic mass is 32.2. The average Bonchev–Trinajstić information content (AvgIpc) is 2.78. The lowest BCUT2D eigenvalue weighted by Crippen LogP contribution is -2.33. The van der Waals surface area contributed by atoms with Crippen LogP contribution >= 0.6 is 0 Å². The van der Waals surface area contributed by atoms with Gasteiger partial charge in [-0.3, -0.25) is 0 Å². The summed E-state index contributed by atoms with van der Waals surface area (Å²) in [6.07, 6.45) is 0.561. The predicted octanol–water partition coefficient (Wildman–Crippen LogP) is 1.07. The molecule has 116 valence electrons. The van der Waals surface area contributed by atoms with Crippen LogP contribution in [0.4, 0.5) is 11.4 Å². The second-order valence-corrected chi connectivity index (χ2v) is 7.39. The van der Waals surface area contributed by atoms with Crippen LogP contribution in [0.15, 0.2) is 18.2 Å². The molecule has 21 heavy (non-hydrogen) atoms. The molecular weight excluding hydrogens is 292 g/mol. The second kappa shape index (κ2) is 5.93. The Morgan fingerprint density at radius 3 is 2.76 bits per heavy atom. The van der Waals surface area contributed by atoms with Crippen molar-refractivity contribution in [1.29, 1.82) is 0 Å². The van der Waals surface area contributed by atoms with Gasteiger partial charge in [-0.05, 0) is 31.5 Å². The van der Waals surface area contributed by atoms with Gasteiger partial charge in [0.2, 0.25) is 0 Å². The van der Waals surface area contributed by atoms with E-state index in [0.717, 1.165) is 0 Å². The number of nitrogen functional groups attached to an aromatic ring is 1. The molecule has 1 saturated heterocycles. The molecule has 0 aliphatic carbocycles. The number of ether oxygens (including phenoxy) is 1. The Morgan fingerprint density at radius 1 is 1.48 bits per heavy atom. The van der Waals surface area contributed by atoms with Crippen molar-refractivity contribution in [3.8, 4) is 0 Å². The van der Waals surface area contributed by atoms with Crippen LogP contribution in [0.5, 0.6) is 0 Å². The smallest absolute Gasteiger partial charge is 0.340 e. The molecule has 1 aromatic rings. The first kappa shape index (κ1) is 15.6. The quantitative estimate of drug-likeness (QED) is 0.661. The maximum atomic E-state index is 12.0. The third kappa shape index (κ3) is 3.47. The van der Waals surface area contributed by atoms with Crippen molar-refractivity contribution in [2.75, 3.05) is 35.8 Å². The largest absolute Gasteiger partial charge is 0.462 e. The van der Waals surface area contributed by atoms with E-state index in [1.165, 1.54) is 0 Å². The topological polar surface area (TPSA) is 89.7 Å². The Bertz CT molecular complexity index is 642. The molecule has 1 fully saturated rings. The number of hydrogen-bond acceptors (Lipinski definition) is 6. The Hall–Kier alpha value is -1.76. The summed E-state index contributed by atoms with van der Waals surface area (Å²) in [5.41, 5.74) is 7.21. The number of anilines is 2. The molecule has 1 unspecified atom stereocenters. The highest BCUT2D eigenvalue weighted by Crippen LogP contribution is 2.28. The highest BCUT2D eigenvalue weighted by molar-refractivity contribution is 7.91. The van der Waals surface area contributed by atoms with Crippen molar-refractivity contribution in [2.45, 2.75) is 19.4 Å². The lowest BCUT2D eigenvalue weighted by molar-refractivity contribution is 0.0527. The minimum atomic E-state index is -2.98. The molecule has 0 radical (unpaired) electrons. The van der Waals surface area contributed by atoms with Crippen molar-refractivity contribution in [2.24, 2.45) is 0 Å². The van der Waals surface area contributed by atoms with Crippen LogP contribution in [0.1, 0.15) is 23.7 Å². The zero-order valence-electron chi connectivity index (χ0n) is 12.2. The molecular formula is C14H20N2O4S. The number of rotatable bonds is 4. The van der Waals surface area contributed by atoms with Gasteiger partial charge in [-0.15, -0.1) is 0 Å². The van der Waals surface area contributed by atoms with Crippen molar-refractivity contribution in [3.05, 3.63) is 23.8 Å². The molecule has 1 atom stereocenters. The summed E-state index contributed by atoms with van der Waals surface area (Å²) in [5, 5.41) is 0. The van der Waals surface area contributed by atoms with E-state index in [2.05, 4.69) is 0 Å². The Kier molecular flexibility index (Phi) is 4.41. The fraction of sp³-hybridized carbons (Fsp3) is 0.500. The normalized spacial score (nSPS) is 20.2. The van der Waals surface area contributed by atoms with Crippen molar-refractivity contribution in [1.82, 2.24) is 0 Å².